The fraction of sp³-hybridized carbons (Fsp3) is 0.190. The first-order valence-corrected chi connectivity index (χ1v) is 9.27. The second-order valence-electron chi connectivity index (χ2n) is 6.57. The Bertz CT molecular complexity index is 1020. The number of nitriles is 1. The number of piperazine rings is 1. The molecule has 8 nitrogen and oxygen atoms in total. The molecule has 0 unspecified atom stereocenters. The lowest BCUT2D eigenvalue weighted by molar-refractivity contribution is 0.102. The van der Waals surface area contributed by atoms with Crippen LogP contribution in [0.1, 0.15) is 15.9 Å². The summed E-state index contributed by atoms with van der Waals surface area (Å²) in [6.07, 6.45) is 5.07. The molecule has 1 saturated heterocycles. The van der Waals surface area contributed by atoms with Crippen molar-refractivity contribution in [3.05, 3.63) is 72.2 Å². The second kappa shape index (κ2) is 8.35. The van der Waals surface area contributed by atoms with Gasteiger partial charge in [-0.15, -0.1) is 0 Å². The molecule has 4 rings (SSSR count). The number of rotatable bonds is 4. The van der Waals surface area contributed by atoms with E-state index in [-0.39, 0.29) is 5.91 Å². The normalized spacial score (nSPS) is 13.6. The minimum Gasteiger partial charge on any atom is -0.353 e. The number of aromatic nitrogens is 3. The van der Waals surface area contributed by atoms with Crippen LogP contribution in [0.25, 0.3) is 0 Å². The number of amides is 1. The maximum atomic E-state index is 12.4. The van der Waals surface area contributed by atoms with Crippen LogP contribution in [0.2, 0.25) is 0 Å². The van der Waals surface area contributed by atoms with Crippen molar-refractivity contribution < 1.29 is 4.79 Å². The monoisotopic (exact) mass is 385 g/mol. The van der Waals surface area contributed by atoms with Crippen molar-refractivity contribution in [1.82, 2.24) is 15.0 Å². The van der Waals surface area contributed by atoms with E-state index >= 15 is 0 Å². The number of nitrogens with one attached hydrogen (secondary N) is 1. The van der Waals surface area contributed by atoms with Gasteiger partial charge in [0.15, 0.2) is 0 Å². The lowest BCUT2D eigenvalue weighted by Gasteiger charge is -2.35. The highest BCUT2D eigenvalue weighted by Crippen LogP contribution is 2.17. The molecule has 144 valence electrons. The SMILES string of the molecule is N#Cc1cccc(NC(=O)c2ccc(N3CCN(c4ncccn4)CC3)nc2)c1. The van der Waals surface area contributed by atoms with Gasteiger partial charge in [0.05, 0.1) is 17.2 Å². The summed E-state index contributed by atoms with van der Waals surface area (Å²) in [5.74, 6) is 1.32. The molecule has 1 fully saturated rings. The minimum absolute atomic E-state index is 0.259. The molecule has 0 radical (unpaired) electrons. The maximum Gasteiger partial charge on any atom is 0.257 e. The van der Waals surface area contributed by atoms with Crippen LogP contribution in [-0.2, 0) is 0 Å². The predicted molar refractivity (Wildman–Crippen MR) is 110 cm³/mol. The zero-order chi connectivity index (χ0) is 20.1. The third-order valence-electron chi connectivity index (χ3n) is 4.70. The summed E-state index contributed by atoms with van der Waals surface area (Å²) in [6.45, 7) is 3.22. The average Bonchev–Trinajstić information content (AvgIpc) is 2.80. The molecule has 1 amide bonds. The molecule has 3 heterocycles. The molecule has 3 aromatic rings. The van der Waals surface area contributed by atoms with Crippen molar-refractivity contribution in [1.29, 1.82) is 5.26 Å². The number of hydrogen-bond acceptors (Lipinski definition) is 7. The summed E-state index contributed by atoms with van der Waals surface area (Å²) in [4.78, 5) is 29.8. The first-order valence-electron chi connectivity index (χ1n) is 9.27. The molecular formula is C21H19N7O. The lowest BCUT2D eigenvalue weighted by Crippen LogP contribution is -2.47. The molecule has 0 spiro atoms. The summed E-state index contributed by atoms with van der Waals surface area (Å²) in [6, 6.07) is 14.3. The largest absolute Gasteiger partial charge is 0.353 e. The molecule has 0 aliphatic carbocycles. The van der Waals surface area contributed by atoms with Crippen molar-refractivity contribution in [2.24, 2.45) is 0 Å². The van der Waals surface area contributed by atoms with Gasteiger partial charge in [0.25, 0.3) is 5.91 Å². The van der Waals surface area contributed by atoms with E-state index in [4.69, 9.17) is 5.26 Å². The van der Waals surface area contributed by atoms with E-state index in [9.17, 15) is 4.79 Å². The van der Waals surface area contributed by atoms with E-state index in [1.807, 2.05) is 12.1 Å². The van der Waals surface area contributed by atoms with Gasteiger partial charge in [-0.25, -0.2) is 15.0 Å². The fourth-order valence-electron chi connectivity index (χ4n) is 3.17. The van der Waals surface area contributed by atoms with Gasteiger partial charge in [0.1, 0.15) is 5.82 Å². The predicted octanol–water partition coefficient (Wildman–Crippen LogP) is 2.32. The molecule has 1 aliphatic heterocycles. The standard InChI is InChI=1S/C21H19N7O/c22-14-16-3-1-4-18(13-16)26-20(29)17-5-6-19(25-15-17)27-9-11-28(12-10-27)21-23-7-2-8-24-21/h1-8,13,15H,9-12H2,(H,26,29). The Morgan fingerprint density at radius 2 is 1.72 bits per heavy atom. The van der Waals surface area contributed by atoms with Crippen molar-refractivity contribution in [2.45, 2.75) is 0 Å². The third kappa shape index (κ3) is 4.30. The Hall–Kier alpha value is -3.99. The van der Waals surface area contributed by atoms with Crippen LogP contribution < -0.4 is 15.1 Å². The quantitative estimate of drug-likeness (QED) is 0.736. The maximum absolute atomic E-state index is 12.4. The molecule has 1 aliphatic rings. The number of nitrogens with zero attached hydrogens (tertiary/aromatic N) is 6. The Labute approximate surface area is 168 Å². The van der Waals surface area contributed by atoms with Gasteiger partial charge >= 0.3 is 0 Å². The van der Waals surface area contributed by atoms with Gasteiger partial charge in [0, 0.05) is 50.5 Å². The molecule has 2 aromatic heterocycles. The van der Waals surface area contributed by atoms with Crippen molar-refractivity contribution in [3.8, 4) is 6.07 Å². The zero-order valence-electron chi connectivity index (χ0n) is 15.7. The summed E-state index contributed by atoms with van der Waals surface area (Å²) in [5.41, 5.74) is 1.54. The Morgan fingerprint density at radius 3 is 2.41 bits per heavy atom. The van der Waals surface area contributed by atoms with Gasteiger partial charge in [-0.1, -0.05) is 6.07 Å². The molecule has 1 N–H and O–H groups in total. The first kappa shape index (κ1) is 18.4. The van der Waals surface area contributed by atoms with Crippen LogP contribution in [0, 0.1) is 11.3 Å². The molecule has 8 heteroatoms. The number of hydrogen-bond donors (Lipinski definition) is 1. The molecule has 1 aromatic carbocycles. The van der Waals surface area contributed by atoms with Crippen LogP contribution in [-0.4, -0.2) is 47.0 Å². The van der Waals surface area contributed by atoms with Crippen LogP contribution in [0.3, 0.4) is 0 Å². The number of pyridine rings is 1. The number of anilines is 3. The summed E-state index contributed by atoms with van der Waals surface area (Å²) >= 11 is 0. The van der Waals surface area contributed by atoms with Gasteiger partial charge in [-0.3, -0.25) is 4.79 Å². The smallest absolute Gasteiger partial charge is 0.257 e. The fourth-order valence-corrected chi connectivity index (χ4v) is 3.17. The topological polar surface area (TPSA) is 98.0 Å². The third-order valence-corrected chi connectivity index (χ3v) is 4.70. The van der Waals surface area contributed by atoms with Crippen LogP contribution >= 0.6 is 0 Å². The summed E-state index contributed by atoms with van der Waals surface area (Å²) < 4.78 is 0. The zero-order valence-corrected chi connectivity index (χ0v) is 15.7. The van der Waals surface area contributed by atoms with Crippen LogP contribution in [0.15, 0.2) is 61.1 Å². The van der Waals surface area contributed by atoms with E-state index in [1.165, 1.54) is 0 Å². The Morgan fingerprint density at radius 1 is 0.966 bits per heavy atom. The highest BCUT2D eigenvalue weighted by molar-refractivity contribution is 6.04. The second-order valence-corrected chi connectivity index (χ2v) is 6.57. The van der Waals surface area contributed by atoms with Crippen molar-refractivity contribution in [3.63, 3.8) is 0 Å². The first-order chi connectivity index (χ1) is 14.2. The van der Waals surface area contributed by atoms with Crippen LogP contribution in [0.4, 0.5) is 17.5 Å². The van der Waals surface area contributed by atoms with Crippen molar-refractivity contribution >= 4 is 23.4 Å². The van der Waals surface area contributed by atoms with E-state index in [2.05, 4.69) is 36.1 Å². The van der Waals surface area contributed by atoms with E-state index in [1.54, 1.807) is 48.9 Å². The van der Waals surface area contributed by atoms with Crippen LogP contribution in [0.5, 0.6) is 0 Å². The summed E-state index contributed by atoms with van der Waals surface area (Å²) in [5, 5.41) is 11.8. The van der Waals surface area contributed by atoms with Gasteiger partial charge in [-0.2, -0.15) is 5.26 Å². The van der Waals surface area contributed by atoms with Gasteiger partial charge < -0.3 is 15.1 Å². The van der Waals surface area contributed by atoms with E-state index in [0.717, 1.165) is 37.9 Å². The van der Waals surface area contributed by atoms with E-state index in [0.29, 0.717) is 16.8 Å². The van der Waals surface area contributed by atoms with Gasteiger partial charge in [-0.05, 0) is 36.4 Å². The Kier molecular flexibility index (Phi) is 5.29. The summed E-state index contributed by atoms with van der Waals surface area (Å²) in [7, 11) is 0. The molecule has 29 heavy (non-hydrogen) atoms. The highest BCUT2D eigenvalue weighted by Gasteiger charge is 2.20. The Balaban J connectivity index is 1.37. The molecule has 0 saturated carbocycles. The number of benzene rings is 1. The minimum atomic E-state index is -0.259. The van der Waals surface area contributed by atoms with E-state index < -0.39 is 0 Å². The lowest BCUT2D eigenvalue weighted by atomic mass is 10.2. The average molecular weight is 385 g/mol. The molecular weight excluding hydrogens is 366 g/mol. The number of carbonyl (C=O) groups excluding carboxylic acids is 1. The van der Waals surface area contributed by atoms with Crippen molar-refractivity contribution in [2.75, 3.05) is 41.3 Å². The number of carbonyl (C=O) groups is 1. The molecule has 0 bridgehead atoms. The highest BCUT2D eigenvalue weighted by atomic mass is 16.1. The van der Waals surface area contributed by atoms with Gasteiger partial charge in [0.2, 0.25) is 5.95 Å². The molecule has 0 atom stereocenters.